The molecule has 0 atom stereocenters. The summed E-state index contributed by atoms with van der Waals surface area (Å²) in [5.41, 5.74) is 6.04. The third-order valence-corrected chi connectivity index (χ3v) is 3.20. The zero-order chi connectivity index (χ0) is 10.8. The van der Waals surface area contributed by atoms with Crippen LogP contribution in [-0.2, 0) is 6.42 Å². The Morgan fingerprint density at radius 1 is 1.40 bits per heavy atom. The van der Waals surface area contributed by atoms with Gasteiger partial charge in [-0.15, -0.1) is 21.5 Å². The van der Waals surface area contributed by atoms with Crippen LogP contribution in [0.5, 0.6) is 0 Å². The number of halogens is 2. The largest absolute Gasteiger partial charge is 0.421 e. The maximum atomic E-state index is 5.95. The second-order valence-corrected chi connectivity index (χ2v) is 5.06. The number of thiophene rings is 1. The number of nitrogens with zero attached hydrogens (tertiary/aromatic N) is 2. The normalized spacial score (nSPS) is 10.9. The molecule has 0 saturated heterocycles. The highest BCUT2D eigenvalue weighted by Crippen LogP contribution is 2.37. The Bertz CT molecular complexity index is 468. The van der Waals surface area contributed by atoms with Gasteiger partial charge in [-0.3, -0.25) is 0 Å². The highest BCUT2D eigenvalue weighted by Gasteiger charge is 2.14. The van der Waals surface area contributed by atoms with Gasteiger partial charge in [0.05, 0.1) is 9.90 Å². The van der Waals surface area contributed by atoms with Crippen LogP contribution < -0.4 is 5.73 Å². The van der Waals surface area contributed by atoms with Crippen molar-refractivity contribution in [1.82, 2.24) is 10.2 Å². The maximum Gasteiger partial charge on any atom is 0.250 e. The topological polar surface area (TPSA) is 64.9 Å². The molecule has 0 aromatic carbocycles. The van der Waals surface area contributed by atoms with Gasteiger partial charge in [0, 0.05) is 13.0 Å². The van der Waals surface area contributed by atoms with E-state index in [2.05, 4.69) is 10.2 Å². The van der Waals surface area contributed by atoms with Gasteiger partial charge in [-0.25, -0.2) is 0 Å². The highest BCUT2D eigenvalue weighted by molar-refractivity contribution is 7.20. The molecule has 2 heterocycles. The van der Waals surface area contributed by atoms with Crippen LogP contribution in [-0.4, -0.2) is 16.7 Å². The molecule has 0 aliphatic carbocycles. The van der Waals surface area contributed by atoms with E-state index in [0.717, 1.165) is 0 Å². The van der Waals surface area contributed by atoms with Gasteiger partial charge in [0.2, 0.25) is 11.8 Å². The first kappa shape index (κ1) is 10.9. The van der Waals surface area contributed by atoms with Crippen molar-refractivity contribution in [3.63, 3.8) is 0 Å². The smallest absolute Gasteiger partial charge is 0.250 e. The van der Waals surface area contributed by atoms with Crippen molar-refractivity contribution in [2.45, 2.75) is 6.42 Å². The molecule has 0 bridgehead atoms. The maximum absolute atomic E-state index is 5.95. The predicted molar refractivity (Wildman–Crippen MR) is 60.4 cm³/mol. The lowest BCUT2D eigenvalue weighted by Crippen LogP contribution is -2.02. The number of hydrogen-bond donors (Lipinski definition) is 1. The summed E-state index contributed by atoms with van der Waals surface area (Å²) in [6.07, 6.45) is 0.558. The van der Waals surface area contributed by atoms with Crippen LogP contribution in [0.3, 0.4) is 0 Å². The molecular weight excluding hydrogens is 257 g/mol. The van der Waals surface area contributed by atoms with Crippen LogP contribution in [0, 0.1) is 0 Å². The summed E-state index contributed by atoms with van der Waals surface area (Å²) in [6.45, 7) is 0.472. The zero-order valence-electron chi connectivity index (χ0n) is 7.54. The van der Waals surface area contributed by atoms with Crippen molar-refractivity contribution >= 4 is 34.5 Å². The van der Waals surface area contributed by atoms with Crippen LogP contribution in [0.4, 0.5) is 0 Å². The molecule has 0 unspecified atom stereocenters. The second-order valence-electron chi connectivity index (χ2n) is 2.78. The minimum atomic E-state index is 0.381. The molecule has 2 rings (SSSR count). The molecule has 0 radical (unpaired) electrons. The first-order chi connectivity index (χ1) is 7.20. The lowest BCUT2D eigenvalue weighted by atomic mass is 10.3. The minimum Gasteiger partial charge on any atom is -0.421 e. The summed E-state index contributed by atoms with van der Waals surface area (Å²) in [4.78, 5) is 0. The van der Waals surface area contributed by atoms with E-state index in [4.69, 9.17) is 33.4 Å². The van der Waals surface area contributed by atoms with Gasteiger partial charge in [0.1, 0.15) is 4.34 Å². The van der Waals surface area contributed by atoms with E-state index in [1.54, 1.807) is 6.07 Å². The molecule has 0 fully saturated rings. The van der Waals surface area contributed by atoms with Gasteiger partial charge >= 0.3 is 0 Å². The monoisotopic (exact) mass is 263 g/mol. The predicted octanol–water partition coefficient (Wildman–Crippen LogP) is 2.61. The van der Waals surface area contributed by atoms with Crippen molar-refractivity contribution in [2.75, 3.05) is 6.54 Å². The van der Waals surface area contributed by atoms with Gasteiger partial charge in [0.25, 0.3) is 0 Å². The molecule has 7 heteroatoms. The fourth-order valence-corrected chi connectivity index (χ4v) is 2.52. The van der Waals surface area contributed by atoms with E-state index in [0.29, 0.717) is 39.0 Å². The Labute approximate surface area is 100 Å². The van der Waals surface area contributed by atoms with E-state index >= 15 is 0 Å². The number of nitrogens with two attached hydrogens (primary N) is 1. The molecule has 15 heavy (non-hydrogen) atoms. The third-order valence-electron chi connectivity index (χ3n) is 1.71. The van der Waals surface area contributed by atoms with Crippen LogP contribution >= 0.6 is 34.5 Å². The Kier molecular flexibility index (Phi) is 3.25. The van der Waals surface area contributed by atoms with Crippen LogP contribution in [0.15, 0.2) is 10.5 Å². The van der Waals surface area contributed by atoms with Crippen LogP contribution in [0.1, 0.15) is 5.89 Å². The van der Waals surface area contributed by atoms with Crippen molar-refractivity contribution in [2.24, 2.45) is 5.73 Å². The van der Waals surface area contributed by atoms with Gasteiger partial charge in [-0.1, -0.05) is 23.2 Å². The van der Waals surface area contributed by atoms with Gasteiger partial charge in [-0.2, -0.15) is 0 Å². The average Bonchev–Trinajstić information content (AvgIpc) is 2.73. The molecule has 0 saturated carbocycles. The van der Waals surface area contributed by atoms with Crippen molar-refractivity contribution < 1.29 is 4.42 Å². The molecule has 2 aromatic rings. The Morgan fingerprint density at radius 3 is 2.80 bits per heavy atom. The van der Waals surface area contributed by atoms with Gasteiger partial charge in [0.15, 0.2) is 0 Å². The van der Waals surface area contributed by atoms with Gasteiger partial charge < -0.3 is 10.2 Å². The quantitative estimate of drug-likeness (QED) is 0.925. The fraction of sp³-hybridized carbons (Fsp3) is 0.250. The fourth-order valence-electron chi connectivity index (χ4n) is 1.07. The van der Waals surface area contributed by atoms with Crippen LogP contribution in [0.2, 0.25) is 8.67 Å². The van der Waals surface area contributed by atoms with E-state index in [9.17, 15) is 0 Å². The van der Waals surface area contributed by atoms with Crippen molar-refractivity contribution in [3.8, 4) is 11.5 Å². The lowest BCUT2D eigenvalue weighted by molar-refractivity contribution is 0.507. The van der Waals surface area contributed by atoms with Crippen molar-refractivity contribution in [3.05, 3.63) is 20.6 Å². The standard InChI is InChI=1S/C8H7Cl2N3OS/c9-5-3-4(7(10)15-5)8-13-12-6(14-8)1-2-11/h3H,1-2,11H2. The van der Waals surface area contributed by atoms with E-state index in [1.165, 1.54) is 11.3 Å². The lowest BCUT2D eigenvalue weighted by Gasteiger charge is -1.89. The summed E-state index contributed by atoms with van der Waals surface area (Å²) in [5, 5.41) is 7.71. The molecule has 0 aliphatic rings. The Hall–Kier alpha value is -0.620. The molecule has 0 amide bonds. The van der Waals surface area contributed by atoms with E-state index in [1.807, 2.05) is 0 Å². The Morgan fingerprint density at radius 2 is 2.20 bits per heavy atom. The van der Waals surface area contributed by atoms with Crippen molar-refractivity contribution in [1.29, 1.82) is 0 Å². The summed E-state index contributed by atoms with van der Waals surface area (Å²) in [6, 6.07) is 1.70. The van der Waals surface area contributed by atoms with Gasteiger partial charge in [-0.05, 0) is 6.07 Å². The SMILES string of the molecule is NCCc1nnc(-c2cc(Cl)sc2Cl)o1. The first-order valence-corrected chi connectivity index (χ1v) is 5.75. The summed E-state index contributed by atoms with van der Waals surface area (Å²) in [7, 11) is 0. The molecule has 2 aromatic heterocycles. The molecule has 80 valence electrons. The number of aromatic nitrogens is 2. The Balaban J connectivity index is 2.32. The third kappa shape index (κ3) is 2.31. The minimum absolute atomic E-state index is 0.381. The molecular formula is C8H7Cl2N3OS. The number of hydrogen-bond acceptors (Lipinski definition) is 5. The molecule has 4 nitrogen and oxygen atoms in total. The van der Waals surface area contributed by atoms with E-state index in [-0.39, 0.29) is 0 Å². The average molecular weight is 264 g/mol. The van der Waals surface area contributed by atoms with E-state index < -0.39 is 0 Å². The second kappa shape index (κ2) is 4.49. The first-order valence-electron chi connectivity index (χ1n) is 4.18. The molecule has 2 N–H and O–H groups in total. The molecule has 0 spiro atoms. The summed E-state index contributed by atoms with van der Waals surface area (Å²) >= 11 is 13.0. The molecule has 0 aliphatic heterocycles. The zero-order valence-corrected chi connectivity index (χ0v) is 9.86. The summed E-state index contributed by atoms with van der Waals surface area (Å²) < 4.78 is 6.50. The summed E-state index contributed by atoms with van der Waals surface area (Å²) in [5.74, 6) is 0.887. The highest BCUT2D eigenvalue weighted by atomic mass is 35.5. The number of rotatable bonds is 3. The van der Waals surface area contributed by atoms with Crippen LogP contribution in [0.25, 0.3) is 11.5 Å².